The third-order valence-electron chi connectivity index (χ3n) is 2.25. The van der Waals surface area contributed by atoms with Crippen molar-refractivity contribution in [3.63, 3.8) is 0 Å². The number of benzene rings is 1. The van der Waals surface area contributed by atoms with E-state index in [-0.39, 0.29) is 20.8 Å². The molecule has 0 aliphatic carbocycles. The number of sulfonamides is 1. The van der Waals surface area contributed by atoms with E-state index >= 15 is 0 Å². The zero-order valence-corrected chi connectivity index (χ0v) is 14.4. The Morgan fingerprint density at radius 2 is 1.95 bits per heavy atom. The lowest BCUT2D eigenvalue weighted by atomic mass is 10.3. The standard InChI is InChI=1S/C10H13BrClNO5S2/c1-18-5-2-6-19(14,15)13-10-4-3-8(7-9(10)11)20(12,16)17/h3-4,7,13H,2,5-6H2,1H3. The van der Waals surface area contributed by atoms with E-state index in [1.165, 1.54) is 25.3 Å². The van der Waals surface area contributed by atoms with E-state index in [9.17, 15) is 16.8 Å². The third-order valence-corrected chi connectivity index (χ3v) is 5.61. The molecule has 0 spiro atoms. The van der Waals surface area contributed by atoms with Crippen LogP contribution in [0.5, 0.6) is 0 Å². The molecule has 0 radical (unpaired) electrons. The van der Waals surface area contributed by atoms with Crippen LogP contribution in [-0.4, -0.2) is 36.3 Å². The summed E-state index contributed by atoms with van der Waals surface area (Å²) in [6.07, 6.45) is 0.359. The van der Waals surface area contributed by atoms with Crippen molar-refractivity contribution in [2.45, 2.75) is 11.3 Å². The van der Waals surface area contributed by atoms with Crippen molar-refractivity contribution >= 4 is 51.4 Å². The van der Waals surface area contributed by atoms with Crippen molar-refractivity contribution in [3.8, 4) is 0 Å². The van der Waals surface area contributed by atoms with Gasteiger partial charge in [0.25, 0.3) is 9.05 Å². The molecule has 0 heterocycles. The molecule has 0 atom stereocenters. The van der Waals surface area contributed by atoms with E-state index in [0.717, 1.165) is 0 Å². The van der Waals surface area contributed by atoms with E-state index < -0.39 is 19.1 Å². The Bertz CT molecular complexity index is 675. The second kappa shape index (κ2) is 7.08. The molecule has 0 amide bonds. The van der Waals surface area contributed by atoms with Gasteiger partial charge in [0.15, 0.2) is 0 Å². The van der Waals surface area contributed by atoms with E-state index in [1.807, 2.05) is 0 Å². The first-order valence-corrected chi connectivity index (χ1v) is 10.1. The van der Waals surface area contributed by atoms with Crippen LogP contribution in [0.4, 0.5) is 5.69 Å². The Morgan fingerprint density at radius 1 is 1.30 bits per heavy atom. The molecule has 0 bridgehead atoms. The minimum atomic E-state index is -3.85. The van der Waals surface area contributed by atoms with E-state index in [0.29, 0.717) is 13.0 Å². The number of methoxy groups -OCH3 is 1. The van der Waals surface area contributed by atoms with E-state index in [1.54, 1.807) is 0 Å². The Balaban J connectivity index is 2.89. The Morgan fingerprint density at radius 3 is 2.45 bits per heavy atom. The number of nitrogens with one attached hydrogen (secondary N) is 1. The zero-order valence-electron chi connectivity index (χ0n) is 10.5. The van der Waals surface area contributed by atoms with Crippen molar-refractivity contribution in [1.29, 1.82) is 0 Å². The summed E-state index contributed by atoms with van der Waals surface area (Å²) in [5, 5.41) is 0. The molecule has 1 aromatic carbocycles. The highest BCUT2D eigenvalue weighted by Crippen LogP contribution is 2.28. The molecule has 1 rings (SSSR count). The van der Waals surface area contributed by atoms with Gasteiger partial charge in [-0.15, -0.1) is 0 Å². The van der Waals surface area contributed by atoms with Gasteiger partial charge in [0, 0.05) is 28.9 Å². The normalized spacial score (nSPS) is 12.3. The minimum absolute atomic E-state index is 0.0944. The van der Waals surface area contributed by atoms with Gasteiger partial charge in [-0.3, -0.25) is 4.72 Å². The average Bonchev–Trinajstić information content (AvgIpc) is 2.30. The summed E-state index contributed by atoms with van der Waals surface area (Å²) in [6, 6.07) is 3.78. The zero-order chi connectivity index (χ0) is 15.4. The van der Waals surface area contributed by atoms with E-state index in [4.69, 9.17) is 15.4 Å². The summed E-state index contributed by atoms with van der Waals surface area (Å²) >= 11 is 3.10. The molecule has 0 aliphatic heterocycles. The summed E-state index contributed by atoms with van der Waals surface area (Å²) in [6.45, 7) is 0.339. The van der Waals surface area contributed by atoms with Gasteiger partial charge in [-0.25, -0.2) is 16.8 Å². The molecule has 0 aromatic heterocycles. The number of hydrogen-bond donors (Lipinski definition) is 1. The lowest BCUT2D eigenvalue weighted by Crippen LogP contribution is -2.18. The predicted molar refractivity (Wildman–Crippen MR) is 81.1 cm³/mol. The lowest BCUT2D eigenvalue weighted by Gasteiger charge is -2.10. The van der Waals surface area contributed by atoms with Crippen LogP contribution >= 0.6 is 26.6 Å². The molecule has 1 aromatic rings. The molecule has 10 heteroatoms. The van der Waals surface area contributed by atoms with Gasteiger partial charge in [0.1, 0.15) is 0 Å². The maximum atomic E-state index is 11.8. The molecule has 0 aliphatic rings. The second-order valence-electron chi connectivity index (χ2n) is 3.85. The largest absolute Gasteiger partial charge is 0.385 e. The van der Waals surface area contributed by atoms with Crippen LogP contribution in [0.25, 0.3) is 0 Å². The van der Waals surface area contributed by atoms with Crippen LogP contribution in [0.15, 0.2) is 27.6 Å². The third kappa shape index (κ3) is 5.57. The van der Waals surface area contributed by atoms with Gasteiger partial charge in [-0.05, 0) is 40.5 Å². The van der Waals surface area contributed by atoms with Gasteiger partial charge in [0.05, 0.1) is 16.3 Å². The molecule has 0 saturated carbocycles. The average molecular weight is 407 g/mol. The smallest absolute Gasteiger partial charge is 0.261 e. The van der Waals surface area contributed by atoms with Crippen LogP contribution in [0.2, 0.25) is 0 Å². The van der Waals surface area contributed by atoms with Gasteiger partial charge in [-0.2, -0.15) is 0 Å². The van der Waals surface area contributed by atoms with Crippen molar-refractivity contribution < 1.29 is 21.6 Å². The molecule has 0 unspecified atom stereocenters. The van der Waals surface area contributed by atoms with Crippen molar-refractivity contribution in [3.05, 3.63) is 22.7 Å². The number of rotatable bonds is 7. The highest BCUT2D eigenvalue weighted by Gasteiger charge is 2.15. The summed E-state index contributed by atoms with van der Waals surface area (Å²) in [5.41, 5.74) is 0.242. The molecular weight excluding hydrogens is 394 g/mol. The molecule has 1 N–H and O–H groups in total. The fourth-order valence-corrected chi connectivity index (χ4v) is 3.99. The van der Waals surface area contributed by atoms with Crippen molar-refractivity contribution in [1.82, 2.24) is 0 Å². The number of ether oxygens (including phenoxy) is 1. The maximum Gasteiger partial charge on any atom is 0.261 e. The molecular formula is C10H13BrClNO5S2. The predicted octanol–water partition coefficient (Wildman–Crippen LogP) is 2.15. The van der Waals surface area contributed by atoms with Crippen molar-refractivity contribution in [2.75, 3.05) is 24.2 Å². The fraction of sp³-hybridized carbons (Fsp3) is 0.400. The first-order valence-electron chi connectivity index (χ1n) is 5.39. The van der Waals surface area contributed by atoms with Gasteiger partial charge in [-0.1, -0.05) is 0 Å². The maximum absolute atomic E-state index is 11.8. The topological polar surface area (TPSA) is 89.5 Å². The van der Waals surface area contributed by atoms with Crippen LogP contribution in [0.1, 0.15) is 6.42 Å². The Hall–Kier alpha value is -0.350. The molecule has 6 nitrogen and oxygen atoms in total. The summed E-state index contributed by atoms with van der Waals surface area (Å²) in [5.74, 6) is -0.0944. The SMILES string of the molecule is COCCCS(=O)(=O)Nc1ccc(S(=O)(=O)Cl)cc1Br. The molecule has 20 heavy (non-hydrogen) atoms. The minimum Gasteiger partial charge on any atom is -0.385 e. The van der Waals surface area contributed by atoms with Gasteiger partial charge < -0.3 is 4.74 Å². The van der Waals surface area contributed by atoms with Crippen LogP contribution in [0.3, 0.4) is 0 Å². The highest BCUT2D eigenvalue weighted by atomic mass is 79.9. The second-order valence-corrected chi connectivity index (χ2v) is 9.11. The summed E-state index contributed by atoms with van der Waals surface area (Å²) in [7, 11) is -0.688. The first kappa shape index (κ1) is 17.7. The van der Waals surface area contributed by atoms with Crippen LogP contribution in [0, 0.1) is 0 Å². The van der Waals surface area contributed by atoms with Crippen LogP contribution < -0.4 is 4.72 Å². The monoisotopic (exact) mass is 405 g/mol. The summed E-state index contributed by atoms with van der Waals surface area (Å²) in [4.78, 5) is -0.117. The van der Waals surface area contributed by atoms with Crippen LogP contribution in [-0.2, 0) is 23.8 Å². The fourth-order valence-electron chi connectivity index (χ4n) is 1.34. The Labute approximate surface area is 131 Å². The number of hydrogen-bond acceptors (Lipinski definition) is 5. The molecule has 0 saturated heterocycles. The van der Waals surface area contributed by atoms with E-state index in [2.05, 4.69) is 20.7 Å². The highest BCUT2D eigenvalue weighted by molar-refractivity contribution is 9.10. The van der Waals surface area contributed by atoms with Gasteiger partial charge in [0.2, 0.25) is 10.0 Å². The molecule has 114 valence electrons. The number of anilines is 1. The summed E-state index contributed by atoms with van der Waals surface area (Å²) < 4.78 is 53.3. The Kier molecular flexibility index (Phi) is 6.26. The number of halogens is 2. The quantitative estimate of drug-likeness (QED) is 0.553. The lowest BCUT2D eigenvalue weighted by molar-refractivity contribution is 0.199. The molecule has 0 fully saturated rings. The van der Waals surface area contributed by atoms with Gasteiger partial charge >= 0.3 is 0 Å². The first-order chi connectivity index (χ1) is 9.15. The van der Waals surface area contributed by atoms with Crippen molar-refractivity contribution in [2.24, 2.45) is 0 Å².